The summed E-state index contributed by atoms with van der Waals surface area (Å²) in [7, 11) is 0. The minimum Gasteiger partial charge on any atom is -0.493 e. The molecule has 1 N–H and O–H groups in total. The fourth-order valence-corrected chi connectivity index (χ4v) is 5.46. The molecule has 0 saturated carbocycles. The number of amides is 1. The Balaban J connectivity index is 1.35. The van der Waals surface area contributed by atoms with Gasteiger partial charge in [0, 0.05) is 11.3 Å². The van der Waals surface area contributed by atoms with Gasteiger partial charge in [0.05, 0.1) is 24.0 Å². The first-order chi connectivity index (χ1) is 19.5. The van der Waals surface area contributed by atoms with Gasteiger partial charge in [0.1, 0.15) is 5.75 Å². The lowest BCUT2D eigenvalue weighted by Gasteiger charge is -2.12. The van der Waals surface area contributed by atoms with E-state index in [1.165, 1.54) is 69.8 Å². The fourth-order valence-electron chi connectivity index (χ4n) is 4.86. The number of rotatable bonds is 20. The van der Waals surface area contributed by atoms with Gasteiger partial charge in [-0.1, -0.05) is 107 Å². The van der Waals surface area contributed by atoms with Gasteiger partial charge in [0.15, 0.2) is 18.5 Å². The number of nitrogens with zero attached hydrogens (tertiary/aromatic N) is 1. The highest BCUT2D eigenvalue weighted by Gasteiger charge is 2.13. The Kier molecular flexibility index (Phi) is 14.5. The molecule has 1 heterocycles. The molecule has 0 aliphatic heterocycles. The molecule has 0 radical (unpaired) electrons. The number of hydrogen-bond acceptors (Lipinski definition) is 4. The SMILES string of the molecule is CCCCCCCCCCCCCCOc1ccc(CC(=O)Nc2ccc(C[n+]3ccsc3)cc2)cc1C(C)=O. The van der Waals surface area contributed by atoms with Crippen LogP contribution in [0.15, 0.2) is 59.6 Å². The zero-order valence-corrected chi connectivity index (χ0v) is 25.3. The number of benzene rings is 2. The molecule has 3 aromatic rings. The van der Waals surface area contributed by atoms with Crippen LogP contribution >= 0.6 is 11.3 Å². The van der Waals surface area contributed by atoms with Crippen molar-refractivity contribution in [2.24, 2.45) is 0 Å². The fraction of sp³-hybridized carbons (Fsp3) is 0.500. The molecular weight excluding hydrogens is 516 g/mol. The predicted molar refractivity (Wildman–Crippen MR) is 165 cm³/mol. The second kappa shape index (κ2) is 18.4. The summed E-state index contributed by atoms with van der Waals surface area (Å²) in [5, 5.41) is 5.01. The summed E-state index contributed by atoms with van der Waals surface area (Å²) in [6, 6.07) is 13.4. The lowest BCUT2D eigenvalue weighted by molar-refractivity contribution is -0.683. The maximum atomic E-state index is 12.7. The van der Waals surface area contributed by atoms with Crippen molar-refractivity contribution < 1.29 is 18.9 Å². The highest BCUT2D eigenvalue weighted by Crippen LogP contribution is 2.22. The Labute approximate surface area is 245 Å². The molecule has 0 spiro atoms. The van der Waals surface area contributed by atoms with E-state index in [9.17, 15) is 9.59 Å². The number of anilines is 1. The van der Waals surface area contributed by atoms with E-state index >= 15 is 0 Å². The minimum atomic E-state index is -0.111. The summed E-state index contributed by atoms with van der Waals surface area (Å²) in [4.78, 5) is 25.0. The highest BCUT2D eigenvalue weighted by atomic mass is 32.1. The van der Waals surface area contributed by atoms with Crippen LogP contribution in [0, 0.1) is 0 Å². The minimum absolute atomic E-state index is 0.0500. The van der Waals surface area contributed by atoms with Crippen LogP contribution in [-0.2, 0) is 17.8 Å². The van der Waals surface area contributed by atoms with Gasteiger partial charge in [-0.25, -0.2) is 0 Å². The predicted octanol–water partition coefficient (Wildman–Crippen LogP) is 8.55. The van der Waals surface area contributed by atoms with Gasteiger partial charge in [0.2, 0.25) is 11.4 Å². The lowest BCUT2D eigenvalue weighted by Crippen LogP contribution is -2.30. The third-order valence-corrected chi connectivity index (χ3v) is 7.84. The van der Waals surface area contributed by atoms with Gasteiger partial charge < -0.3 is 10.1 Å². The molecule has 0 saturated heterocycles. The molecule has 0 unspecified atom stereocenters. The normalized spacial score (nSPS) is 10.9. The third kappa shape index (κ3) is 12.0. The number of thiazole rings is 1. The van der Waals surface area contributed by atoms with Crippen molar-refractivity contribution in [2.45, 2.75) is 104 Å². The Morgan fingerprint density at radius 2 is 1.45 bits per heavy atom. The quantitative estimate of drug-likeness (QED) is 0.0851. The Hall–Kier alpha value is -2.99. The van der Waals surface area contributed by atoms with E-state index in [0.29, 0.717) is 17.9 Å². The van der Waals surface area contributed by atoms with E-state index in [0.717, 1.165) is 30.6 Å². The van der Waals surface area contributed by atoms with Crippen molar-refractivity contribution in [1.29, 1.82) is 0 Å². The number of carbonyl (C=O) groups is 2. The number of Topliss-reactive ketones (excluding diaryl/α,β-unsaturated/α-hetero) is 1. The van der Waals surface area contributed by atoms with E-state index in [1.54, 1.807) is 24.3 Å². The summed E-state index contributed by atoms with van der Waals surface area (Å²) >= 11 is 1.66. The van der Waals surface area contributed by atoms with Crippen LogP contribution in [0.4, 0.5) is 5.69 Å². The van der Waals surface area contributed by atoms with Gasteiger partial charge in [-0.2, -0.15) is 4.57 Å². The van der Waals surface area contributed by atoms with Crippen molar-refractivity contribution in [3.8, 4) is 5.75 Å². The lowest BCUT2D eigenvalue weighted by atomic mass is 10.0. The second-order valence-corrected chi connectivity index (χ2v) is 11.5. The molecule has 0 atom stereocenters. The van der Waals surface area contributed by atoms with E-state index in [4.69, 9.17) is 4.74 Å². The van der Waals surface area contributed by atoms with Crippen molar-refractivity contribution in [3.05, 3.63) is 76.2 Å². The van der Waals surface area contributed by atoms with Crippen LogP contribution in [0.25, 0.3) is 0 Å². The molecule has 1 aromatic heterocycles. The molecule has 0 fully saturated rings. The Morgan fingerprint density at radius 1 is 0.825 bits per heavy atom. The summed E-state index contributed by atoms with van der Waals surface area (Å²) in [6.45, 7) is 5.23. The summed E-state index contributed by atoms with van der Waals surface area (Å²) in [5.41, 5.74) is 5.34. The second-order valence-electron chi connectivity index (χ2n) is 10.7. The number of hydrogen-bond donors (Lipinski definition) is 1. The smallest absolute Gasteiger partial charge is 0.228 e. The first-order valence-corrected chi connectivity index (χ1v) is 16.1. The molecule has 0 aliphatic rings. The molecule has 6 heteroatoms. The van der Waals surface area contributed by atoms with Crippen molar-refractivity contribution in [3.63, 3.8) is 0 Å². The molecular formula is C34H47N2O3S+. The van der Waals surface area contributed by atoms with Crippen molar-refractivity contribution >= 4 is 28.7 Å². The van der Waals surface area contributed by atoms with Gasteiger partial charge in [-0.3, -0.25) is 9.59 Å². The molecule has 216 valence electrons. The van der Waals surface area contributed by atoms with E-state index in [-0.39, 0.29) is 18.1 Å². The number of nitrogens with one attached hydrogen (secondary N) is 1. The summed E-state index contributed by atoms with van der Waals surface area (Å²) in [6.07, 6.45) is 17.9. The van der Waals surface area contributed by atoms with Crippen molar-refractivity contribution in [1.82, 2.24) is 0 Å². The van der Waals surface area contributed by atoms with Crippen LogP contribution in [0.3, 0.4) is 0 Å². The Bertz CT molecular complexity index is 1140. The number of ether oxygens (including phenoxy) is 1. The maximum absolute atomic E-state index is 12.7. The Morgan fingerprint density at radius 3 is 2.05 bits per heavy atom. The van der Waals surface area contributed by atoms with Crippen LogP contribution in [0.5, 0.6) is 5.75 Å². The number of carbonyl (C=O) groups excluding carboxylic acids is 2. The number of ketones is 1. The standard InChI is InChI=1S/C34H46N2O3S/c1-3-4-5-6-7-8-9-10-11-12-13-14-22-39-33-20-17-30(24-32(33)28(2)37)25-34(38)35-31-18-15-29(16-19-31)26-36-21-23-40-27-36/h15-21,23-24,27H,3-14,22,25-26H2,1-2H3/p+1. The molecule has 1 amide bonds. The van der Waals surface area contributed by atoms with Crippen LogP contribution in [0.1, 0.15) is 112 Å². The van der Waals surface area contributed by atoms with Crippen LogP contribution in [-0.4, -0.2) is 18.3 Å². The number of unbranched alkanes of at least 4 members (excludes halogenated alkanes) is 11. The van der Waals surface area contributed by atoms with Crippen LogP contribution in [0.2, 0.25) is 0 Å². The van der Waals surface area contributed by atoms with Gasteiger partial charge in [0.25, 0.3) is 0 Å². The van der Waals surface area contributed by atoms with Crippen LogP contribution < -0.4 is 14.6 Å². The largest absolute Gasteiger partial charge is 0.493 e. The van der Waals surface area contributed by atoms with E-state index in [1.807, 2.05) is 48.0 Å². The molecule has 3 rings (SSSR count). The average Bonchev–Trinajstić information content (AvgIpc) is 3.46. The zero-order valence-electron chi connectivity index (χ0n) is 24.5. The maximum Gasteiger partial charge on any atom is 0.228 e. The molecule has 0 aliphatic carbocycles. The van der Waals surface area contributed by atoms with E-state index in [2.05, 4.69) is 22.3 Å². The molecule has 2 aromatic carbocycles. The zero-order chi connectivity index (χ0) is 28.4. The van der Waals surface area contributed by atoms with Gasteiger partial charge in [-0.15, -0.1) is 0 Å². The van der Waals surface area contributed by atoms with Gasteiger partial charge in [-0.05, 0) is 43.2 Å². The van der Waals surface area contributed by atoms with Gasteiger partial charge >= 0.3 is 0 Å². The highest BCUT2D eigenvalue weighted by molar-refractivity contribution is 7.07. The summed E-state index contributed by atoms with van der Waals surface area (Å²) < 4.78 is 8.09. The van der Waals surface area contributed by atoms with Crippen molar-refractivity contribution in [2.75, 3.05) is 11.9 Å². The summed E-state index contributed by atoms with van der Waals surface area (Å²) in [5.74, 6) is 0.449. The monoisotopic (exact) mass is 563 g/mol. The molecule has 0 bridgehead atoms. The van der Waals surface area contributed by atoms with E-state index < -0.39 is 0 Å². The topological polar surface area (TPSA) is 59.3 Å². The molecule has 40 heavy (non-hydrogen) atoms. The number of aromatic nitrogens is 1. The first kappa shape index (κ1) is 31.5. The average molecular weight is 564 g/mol. The molecule has 5 nitrogen and oxygen atoms in total. The third-order valence-electron chi connectivity index (χ3n) is 7.17. The first-order valence-electron chi connectivity index (χ1n) is 15.1.